The molecule has 1 saturated heterocycles. The second-order valence-electron chi connectivity index (χ2n) is 5.07. The van der Waals surface area contributed by atoms with Gasteiger partial charge in [0.05, 0.1) is 11.5 Å². The van der Waals surface area contributed by atoms with Crippen molar-refractivity contribution in [2.45, 2.75) is 39.7 Å². The molecule has 0 spiro atoms. The lowest BCUT2D eigenvalue weighted by atomic mass is 9.91. The van der Waals surface area contributed by atoms with Crippen LogP contribution in [0.4, 0.5) is 0 Å². The number of amides is 1. The van der Waals surface area contributed by atoms with Crippen molar-refractivity contribution in [3.63, 3.8) is 0 Å². The van der Waals surface area contributed by atoms with Crippen molar-refractivity contribution in [1.82, 2.24) is 4.90 Å². The minimum absolute atomic E-state index is 0.132. The highest BCUT2D eigenvalue weighted by Crippen LogP contribution is 2.19. The minimum atomic E-state index is -0.464. The number of likely N-dealkylation sites (N-methyl/N-ethyl adjacent to an activating group) is 1. The third-order valence-corrected chi connectivity index (χ3v) is 3.21. The zero-order valence-corrected chi connectivity index (χ0v) is 10.7. The molecule has 1 atom stereocenters. The SMILES string of the molecule is CCN(CC1CCCO1)C(=O)C(C)(C)CN. The molecule has 0 aliphatic carbocycles. The molecule has 1 heterocycles. The second-order valence-corrected chi connectivity index (χ2v) is 5.07. The van der Waals surface area contributed by atoms with Gasteiger partial charge in [-0.05, 0) is 33.6 Å². The molecule has 1 aliphatic rings. The number of carbonyl (C=O) groups is 1. The molecule has 1 fully saturated rings. The third-order valence-electron chi connectivity index (χ3n) is 3.21. The normalized spacial score (nSPS) is 21.1. The lowest BCUT2D eigenvalue weighted by Crippen LogP contribution is -2.47. The maximum atomic E-state index is 12.2. The van der Waals surface area contributed by atoms with Crippen molar-refractivity contribution in [1.29, 1.82) is 0 Å². The summed E-state index contributed by atoms with van der Waals surface area (Å²) in [6, 6.07) is 0. The predicted octanol–water partition coefficient (Wildman–Crippen LogP) is 0.999. The topological polar surface area (TPSA) is 55.6 Å². The van der Waals surface area contributed by atoms with Crippen LogP contribution in [0.1, 0.15) is 33.6 Å². The Bertz CT molecular complexity index is 235. The van der Waals surface area contributed by atoms with Gasteiger partial charge in [0.25, 0.3) is 0 Å². The fourth-order valence-electron chi connectivity index (χ4n) is 1.91. The summed E-state index contributed by atoms with van der Waals surface area (Å²) in [6.07, 6.45) is 2.39. The molecule has 0 aromatic rings. The van der Waals surface area contributed by atoms with Crippen LogP contribution in [0.25, 0.3) is 0 Å². The number of hydrogen-bond acceptors (Lipinski definition) is 3. The maximum Gasteiger partial charge on any atom is 0.229 e. The van der Waals surface area contributed by atoms with Crippen LogP contribution in [0.15, 0.2) is 0 Å². The first-order valence-electron chi connectivity index (χ1n) is 6.12. The van der Waals surface area contributed by atoms with Crippen LogP contribution in [-0.2, 0) is 9.53 Å². The largest absolute Gasteiger partial charge is 0.376 e. The molecule has 94 valence electrons. The smallest absolute Gasteiger partial charge is 0.229 e. The van der Waals surface area contributed by atoms with Crippen molar-refractivity contribution in [2.75, 3.05) is 26.2 Å². The fourth-order valence-corrected chi connectivity index (χ4v) is 1.91. The minimum Gasteiger partial charge on any atom is -0.376 e. The van der Waals surface area contributed by atoms with Gasteiger partial charge in [-0.3, -0.25) is 4.79 Å². The molecule has 4 heteroatoms. The third kappa shape index (κ3) is 3.19. The van der Waals surface area contributed by atoms with Gasteiger partial charge in [0, 0.05) is 26.2 Å². The van der Waals surface area contributed by atoms with Crippen LogP contribution < -0.4 is 5.73 Å². The Labute approximate surface area is 98.1 Å². The Morgan fingerprint density at radius 1 is 1.56 bits per heavy atom. The van der Waals surface area contributed by atoms with E-state index in [4.69, 9.17) is 10.5 Å². The Hall–Kier alpha value is -0.610. The molecule has 2 N–H and O–H groups in total. The van der Waals surface area contributed by atoms with E-state index in [1.165, 1.54) is 0 Å². The highest BCUT2D eigenvalue weighted by molar-refractivity contribution is 5.82. The van der Waals surface area contributed by atoms with E-state index in [0.29, 0.717) is 13.1 Å². The predicted molar refractivity (Wildman–Crippen MR) is 64.1 cm³/mol. The van der Waals surface area contributed by atoms with Gasteiger partial charge in [-0.15, -0.1) is 0 Å². The zero-order valence-electron chi connectivity index (χ0n) is 10.7. The lowest BCUT2D eigenvalue weighted by molar-refractivity contribution is -0.141. The first-order valence-corrected chi connectivity index (χ1v) is 6.12. The van der Waals surface area contributed by atoms with Crippen molar-refractivity contribution in [2.24, 2.45) is 11.1 Å². The lowest BCUT2D eigenvalue weighted by Gasteiger charge is -2.31. The van der Waals surface area contributed by atoms with E-state index in [9.17, 15) is 4.79 Å². The van der Waals surface area contributed by atoms with Crippen molar-refractivity contribution in [3.05, 3.63) is 0 Å². The molecule has 0 bridgehead atoms. The average molecular weight is 228 g/mol. The maximum absolute atomic E-state index is 12.2. The molecule has 1 amide bonds. The van der Waals surface area contributed by atoms with E-state index in [1.54, 1.807) is 0 Å². The van der Waals surface area contributed by atoms with Gasteiger partial charge in [0.15, 0.2) is 0 Å². The average Bonchev–Trinajstić information content (AvgIpc) is 2.77. The first kappa shape index (κ1) is 13.5. The van der Waals surface area contributed by atoms with E-state index in [-0.39, 0.29) is 12.0 Å². The molecule has 0 radical (unpaired) electrons. The van der Waals surface area contributed by atoms with E-state index in [2.05, 4.69) is 0 Å². The summed E-state index contributed by atoms with van der Waals surface area (Å²) in [5.41, 5.74) is 5.17. The van der Waals surface area contributed by atoms with Crippen LogP contribution in [0.5, 0.6) is 0 Å². The monoisotopic (exact) mass is 228 g/mol. The second kappa shape index (κ2) is 5.64. The number of nitrogens with two attached hydrogens (primary N) is 1. The van der Waals surface area contributed by atoms with Gasteiger partial charge >= 0.3 is 0 Å². The summed E-state index contributed by atoms with van der Waals surface area (Å²) >= 11 is 0. The molecular formula is C12H24N2O2. The quantitative estimate of drug-likeness (QED) is 0.763. The zero-order chi connectivity index (χ0) is 12.2. The van der Waals surface area contributed by atoms with Crippen LogP contribution in [0.3, 0.4) is 0 Å². The fraction of sp³-hybridized carbons (Fsp3) is 0.917. The number of rotatable bonds is 5. The molecule has 0 saturated carbocycles. The van der Waals surface area contributed by atoms with E-state index >= 15 is 0 Å². The Kier molecular flexibility index (Phi) is 4.74. The number of carbonyl (C=O) groups excluding carboxylic acids is 1. The van der Waals surface area contributed by atoms with Crippen LogP contribution in [-0.4, -0.2) is 43.2 Å². The van der Waals surface area contributed by atoms with Gasteiger partial charge in [-0.2, -0.15) is 0 Å². The summed E-state index contributed by atoms with van der Waals surface area (Å²) in [4.78, 5) is 14.1. The van der Waals surface area contributed by atoms with Crippen LogP contribution in [0.2, 0.25) is 0 Å². The molecule has 1 unspecified atom stereocenters. The number of hydrogen-bond donors (Lipinski definition) is 1. The molecule has 16 heavy (non-hydrogen) atoms. The highest BCUT2D eigenvalue weighted by Gasteiger charge is 2.31. The highest BCUT2D eigenvalue weighted by atomic mass is 16.5. The summed E-state index contributed by atoms with van der Waals surface area (Å²) in [5.74, 6) is 0.132. The molecule has 0 aromatic carbocycles. The van der Waals surface area contributed by atoms with Gasteiger partial charge in [-0.25, -0.2) is 0 Å². The van der Waals surface area contributed by atoms with Crippen molar-refractivity contribution >= 4 is 5.91 Å². The molecule has 4 nitrogen and oxygen atoms in total. The van der Waals surface area contributed by atoms with Crippen LogP contribution >= 0.6 is 0 Å². The van der Waals surface area contributed by atoms with E-state index < -0.39 is 5.41 Å². The van der Waals surface area contributed by atoms with Gasteiger partial charge in [0.1, 0.15) is 0 Å². The summed E-state index contributed by atoms with van der Waals surface area (Å²) in [6.45, 7) is 8.44. The molecule has 0 aromatic heterocycles. The summed E-state index contributed by atoms with van der Waals surface area (Å²) in [5, 5.41) is 0. The van der Waals surface area contributed by atoms with Gasteiger partial charge in [-0.1, -0.05) is 0 Å². The molecule has 1 rings (SSSR count). The van der Waals surface area contributed by atoms with Crippen LogP contribution in [0, 0.1) is 5.41 Å². The van der Waals surface area contributed by atoms with Crippen molar-refractivity contribution < 1.29 is 9.53 Å². The molecule has 1 aliphatic heterocycles. The van der Waals surface area contributed by atoms with Crippen molar-refractivity contribution in [3.8, 4) is 0 Å². The summed E-state index contributed by atoms with van der Waals surface area (Å²) in [7, 11) is 0. The number of ether oxygens (including phenoxy) is 1. The Morgan fingerprint density at radius 3 is 2.69 bits per heavy atom. The standard InChI is InChI=1S/C12H24N2O2/c1-4-14(8-10-6-5-7-16-10)11(15)12(2,3)9-13/h10H,4-9,13H2,1-3H3. The van der Waals surface area contributed by atoms with E-state index in [1.807, 2.05) is 25.7 Å². The summed E-state index contributed by atoms with van der Waals surface area (Å²) < 4.78 is 5.56. The van der Waals surface area contributed by atoms with Gasteiger partial charge < -0.3 is 15.4 Å². The molecular weight excluding hydrogens is 204 g/mol. The van der Waals surface area contributed by atoms with Gasteiger partial charge in [0.2, 0.25) is 5.91 Å². The Balaban J connectivity index is 2.55. The Morgan fingerprint density at radius 2 is 2.25 bits per heavy atom. The first-order chi connectivity index (χ1) is 7.51. The van der Waals surface area contributed by atoms with E-state index in [0.717, 1.165) is 26.0 Å². The number of nitrogens with zero attached hydrogens (tertiary/aromatic N) is 1.